The summed E-state index contributed by atoms with van der Waals surface area (Å²) in [6.07, 6.45) is 1.45. The third-order valence-corrected chi connectivity index (χ3v) is 4.26. The van der Waals surface area contributed by atoms with Crippen LogP contribution in [0.5, 0.6) is 23.0 Å². The molecular weight excluding hydrogens is 432 g/mol. The molecule has 0 bridgehead atoms. The Labute approximate surface area is 189 Å². The predicted octanol–water partition coefficient (Wildman–Crippen LogP) is 3.10. The zero-order valence-corrected chi connectivity index (χ0v) is 17.9. The van der Waals surface area contributed by atoms with E-state index in [1.807, 2.05) is 0 Å². The largest absolute Gasteiger partial charge is 0.497 e. The molecular formula is C23H22N2O8. The monoisotopic (exact) mass is 454 g/mol. The minimum atomic E-state index is -1.15. The first-order chi connectivity index (χ1) is 16.0. The van der Waals surface area contributed by atoms with Gasteiger partial charge in [0.2, 0.25) is 5.76 Å². The number of aromatic carboxylic acids is 1. The Hall–Kier alpha value is -4.47. The molecule has 0 unspecified atom stereocenters. The number of hydrogen-bond acceptors (Lipinski definition) is 8. The van der Waals surface area contributed by atoms with E-state index in [2.05, 4.69) is 10.5 Å². The summed E-state index contributed by atoms with van der Waals surface area (Å²) in [5.74, 6) is 0.705. The molecule has 1 amide bonds. The van der Waals surface area contributed by atoms with Crippen molar-refractivity contribution in [2.75, 3.05) is 20.8 Å². The number of furan rings is 1. The van der Waals surface area contributed by atoms with Crippen LogP contribution < -0.4 is 24.4 Å². The smallest absolute Gasteiger partial charge is 0.371 e. The lowest BCUT2D eigenvalue weighted by Gasteiger charge is -2.10. The van der Waals surface area contributed by atoms with Crippen LogP contribution in [0.3, 0.4) is 0 Å². The average molecular weight is 454 g/mol. The highest BCUT2D eigenvalue weighted by atomic mass is 16.5. The van der Waals surface area contributed by atoms with E-state index >= 15 is 0 Å². The lowest BCUT2D eigenvalue weighted by molar-refractivity contribution is -0.123. The summed E-state index contributed by atoms with van der Waals surface area (Å²) in [6, 6.07) is 14.8. The normalized spacial score (nSPS) is 10.6. The molecule has 0 fully saturated rings. The zero-order chi connectivity index (χ0) is 23.6. The highest BCUT2D eigenvalue weighted by Gasteiger charge is 2.11. The van der Waals surface area contributed by atoms with Crippen LogP contribution in [0.2, 0.25) is 0 Å². The Bertz CT molecular complexity index is 1120. The molecule has 0 aliphatic carbocycles. The van der Waals surface area contributed by atoms with Gasteiger partial charge in [-0.1, -0.05) is 0 Å². The molecule has 3 rings (SSSR count). The summed E-state index contributed by atoms with van der Waals surface area (Å²) in [6.45, 7) is -0.169. The molecule has 0 saturated carbocycles. The van der Waals surface area contributed by atoms with Crippen LogP contribution in [-0.4, -0.2) is 44.0 Å². The highest BCUT2D eigenvalue weighted by molar-refractivity contribution is 5.84. The number of ether oxygens (including phenoxy) is 4. The van der Waals surface area contributed by atoms with Gasteiger partial charge >= 0.3 is 5.97 Å². The maximum atomic E-state index is 11.9. The summed E-state index contributed by atoms with van der Waals surface area (Å²) >= 11 is 0. The highest BCUT2D eigenvalue weighted by Crippen LogP contribution is 2.28. The average Bonchev–Trinajstić information content (AvgIpc) is 3.31. The van der Waals surface area contributed by atoms with Gasteiger partial charge in [-0.2, -0.15) is 5.10 Å². The van der Waals surface area contributed by atoms with Gasteiger partial charge in [-0.25, -0.2) is 10.2 Å². The molecule has 2 N–H and O–H groups in total. The number of carboxylic acid groups (broad SMARTS) is 1. The van der Waals surface area contributed by atoms with Crippen molar-refractivity contribution in [2.24, 2.45) is 5.10 Å². The third-order valence-electron chi connectivity index (χ3n) is 4.26. The number of carbonyl (C=O) groups excluding carboxylic acids is 1. The number of hydrogen-bond donors (Lipinski definition) is 2. The van der Waals surface area contributed by atoms with Crippen molar-refractivity contribution in [3.05, 3.63) is 71.7 Å². The van der Waals surface area contributed by atoms with E-state index in [0.29, 0.717) is 34.3 Å². The number of benzene rings is 2. The van der Waals surface area contributed by atoms with E-state index in [-0.39, 0.29) is 19.0 Å². The topological polar surface area (TPSA) is 129 Å². The summed E-state index contributed by atoms with van der Waals surface area (Å²) in [4.78, 5) is 22.8. The maximum absolute atomic E-state index is 11.9. The minimum absolute atomic E-state index is 0.0291. The van der Waals surface area contributed by atoms with Gasteiger partial charge in [0.05, 0.1) is 20.4 Å². The SMILES string of the molecule is COc1ccc(OCC(=O)N/N=C/c2ccc(OCc3ccc(C(=O)O)o3)c(OC)c2)cc1. The second-order valence-electron chi connectivity index (χ2n) is 6.53. The molecule has 33 heavy (non-hydrogen) atoms. The van der Waals surface area contributed by atoms with E-state index in [4.69, 9.17) is 28.5 Å². The first-order valence-corrected chi connectivity index (χ1v) is 9.70. The summed E-state index contributed by atoms with van der Waals surface area (Å²) in [5, 5.41) is 12.8. The molecule has 1 aromatic heterocycles. The molecule has 0 aliphatic rings. The van der Waals surface area contributed by atoms with Crippen molar-refractivity contribution in [3.63, 3.8) is 0 Å². The maximum Gasteiger partial charge on any atom is 0.371 e. The molecule has 0 aliphatic heterocycles. The van der Waals surface area contributed by atoms with Gasteiger partial charge in [-0.15, -0.1) is 0 Å². The van der Waals surface area contributed by atoms with Crippen LogP contribution in [0, 0.1) is 0 Å². The molecule has 0 spiro atoms. The third kappa shape index (κ3) is 6.76. The van der Waals surface area contributed by atoms with Gasteiger partial charge in [0.25, 0.3) is 5.91 Å². The Morgan fingerprint density at radius 3 is 2.39 bits per heavy atom. The molecule has 10 heteroatoms. The first kappa shape index (κ1) is 23.2. The number of rotatable bonds is 11. The second kappa shape index (κ2) is 11.2. The van der Waals surface area contributed by atoms with Crippen molar-refractivity contribution >= 4 is 18.1 Å². The molecule has 0 radical (unpaired) electrons. The molecule has 0 atom stereocenters. The number of hydrazone groups is 1. The number of carboxylic acids is 1. The molecule has 3 aromatic rings. The second-order valence-corrected chi connectivity index (χ2v) is 6.53. The van der Waals surface area contributed by atoms with Gasteiger partial charge in [-0.05, 0) is 60.2 Å². The molecule has 1 heterocycles. The number of methoxy groups -OCH3 is 2. The fourth-order valence-corrected chi connectivity index (χ4v) is 2.63. The summed E-state index contributed by atoms with van der Waals surface area (Å²) in [5.41, 5.74) is 3.04. The quantitative estimate of drug-likeness (QED) is 0.334. The predicted molar refractivity (Wildman–Crippen MR) is 117 cm³/mol. The van der Waals surface area contributed by atoms with E-state index < -0.39 is 11.9 Å². The van der Waals surface area contributed by atoms with Gasteiger partial charge in [-0.3, -0.25) is 4.79 Å². The Kier molecular flexibility index (Phi) is 7.90. The Morgan fingerprint density at radius 2 is 1.73 bits per heavy atom. The van der Waals surface area contributed by atoms with Gasteiger partial charge in [0, 0.05) is 0 Å². The Balaban J connectivity index is 1.50. The molecule has 10 nitrogen and oxygen atoms in total. The van der Waals surface area contributed by atoms with Crippen LogP contribution in [0.25, 0.3) is 0 Å². The lowest BCUT2D eigenvalue weighted by atomic mass is 10.2. The van der Waals surface area contributed by atoms with Crippen molar-refractivity contribution in [2.45, 2.75) is 6.61 Å². The Morgan fingerprint density at radius 1 is 0.970 bits per heavy atom. The van der Waals surface area contributed by atoms with Crippen LogP contribution in [0.4, 0.5) is 0 Å². The number of nitrogens with zero attached hydrogens (tertiary/aromatic N) is 1. The van der Waals surface area contributed by atoms with Crippen LogP contribution in [0.15, 0.2) is 64.1 Å². The standard InChI is InChI=1S/C23H22N2O8/c1-29-16-4-6-17(7-5-16)31-14-22(26)25-24-12-15-3-9-19(21(11-15)30-2)32-13-18-8-10-20(33-18)23(27)28/h3-12H,13-14H2,1-2H3,(H,25,26)(H,27,28)/b24-12+. The van der Waals surface area contributed by atoms with E-state index in [9.17, 15) is 9.59 Å². The van der Waals surface area contributed by atoms with Crippen molar-refractivity contribution < 1.29 is 38.1 Å². The molecule has 2 aromatic carbocycles. The van der Waals surface area contributed by atoms with Crippen LogP contribution in [-0.2, 0) is 11.4 Å². The van der Waals surface area contributed by atoms with E-state index in [1.54, 1.807) is 49.6 Å². The van der Waals surface area contributed by atoms with Crippen molar-refractivity contribution in [3.8, 4) is 23.0 Å². The van der Waals surface area contributed by atoms with Crippen molar-refractivity contribution in [1.82, 2.24) is 5.43 Å². The van der Waals surface area contributed by atoms with Gasteiger partial charge < -0.3 is 28.5 Å². The molecule has 172 valence electrons. The lowest BCUT2D eigenvalue weighted by Crippen LogP contribution is -2.24. The summed E-state index contributed by atoms with van der Waals surface area (Å²) in [7, 11) is 3.05. The fourth-order valence-electron chi connectivity index (χ4n) is 2.63. The van der Waals surface area contributed by atoms with Gasteiger partial charge in [0.1, 0.15) is 23.9 Å². The zero-order valence-electron chi connectivity index (χ0n) is 17.9. The van der Waals surface area contributed by atoms with Gasteiger partial charge in [0.15, 0.2) is 18.1 Å². The number of nitrogens with one attached hydrogen (secondary N) is 1. The fraction of sp³-hybridized carbons (Fsp3) is 0.174. The van der Waals surface area contributed by atoms with Crippen molar-refractivity contribution in [1.29, 1.82) is 0 Å². The van der Waals surface area contributed by atoms with E-state index in [0.717, 1.165) is 0 Å². The van der Waals surface area contributed by atoms with Crippen LogP contribution >= 0.6 is 0 Å². The number of amides is 1. The van der Waals surface area contributed by atoms with Crippen LogP contribution in [0.1, 0.15) is 21.9 Å². The summed E-state index contributed by atoms with van der Waals surface area (Å²) < 4.78 is 26.6. The van der Waals surface area contributed by atoms with E-state index in [1.165, 1.54) is 25.5 Å². The first-order valence-electron chi connectivity index (χ1n) is 9.70. The minimum Gasteiger partial charge on any atom is -0.497 e. The number of carbonyl (C=O) groups is 2. The molecule has 0 saturated heterocycles.